The van der Waals surface area contributed by atoms with Crippen molar-refractivity contribution in [3.8, 4) is 0 Å². The SMILES string of the molecule is CNC(=O)C1CCN(C(CC(N)=S)c2ccccc2)CC1. The van der Waals surface area contributed by atoms with Crippen LogP contribution in [-0.2, 0) is 4.79 Å². The lowest BCUT2D eigenvalue weighted by Crippen LogP contribution is -2.42. The van der Waals surface area contributed by atoms with Crippen molar-refractivity contribution in [2.24, 2.45) is 11.7 Å². The number of hydrogen-bond donors (Lipinski definition) is 2. The molecule has 3 N–H and O–H groups in total. The fraction of sp³-hybridized carbons (Fsp3) is 0.500. The Hall–Kier alpha value is -1.46. The van der Waals surface area contributed by atoms with Gasteiger partial charge in [0.05, 0.1) is 4.99 Å². The standard InChI is InChI=1S/C16H23N3OS/c1-18-16(20)13-7-9-19(10-8-13)14(11-15(17)21)12-5-3-2-4-6-12/h2-6,13-14H,7-11H2,1H3,(H2,17,21)(H,18,20). The van der Waals surface area contributed by atoms with E-state index >= 15 is 0 Å². The molecule has 5 heteroatoms. The highest BCUT2D eigenvalue weighted by Gasteiger charge is 2.29. The molecule has 1 atom stereocenters. The summed E-state index contributed by atoms with van der Waals surface area (Å²) in [7, 11) is 1.70. The second kappa shape index (κ2) is 7.52. The number of nitrogens with one attached hydrogen (secondary N) is 1. The summed E-state index contributed by atoms with van der Waals surface area (Å²) >= 11 is 5.11. The Balaban J connectivity index is 2.06. The number of likely N-dealkylation sites (tertiary alicyclic amines) is 1. The predicted molar refractivity (Wildman–Crippen MR) is 88.9 cm³/mol. The maximum absolute atomic E-state index is 11.7. The summed E-state index contributed by atoms with van der Waals surface area (Å²) in [4.78, 5) is 14.7. The van der Waals surface area contributed by atoms with Crippen molar-refractivity contribution < 1.29 is 4.79 Å². The van der Waals surface area contributed by atoms with Crippen LogP contribution in [0.4, 0.5) is 0 Å². The average Bonchev–Trinajstić information content (AvgIpc) is 2.53. The Morgan fingerprint density at radius 1 is 1.38 bits per heavy atom. The van der Waals surface area contributed by atoms with E-state index in [1.807, 2.05) is 18.2 Å². The molecule has 21 heavy (non-hydrogen) atoms. The van der Waals surface area contributed by atoms with Gasteiger partial charge < -0.3 is 11.1 Å². The Kier molecular flexibility index (Phi) is 5.70. The van der Waals surface area contributed by atoms with Crippen LogP contribution >= 0.6 is 12.2 Å². The van der Waals surface area contributed by atoms with Crippen LogP contribution in [0, 0.1) is 5.92 Å². The maximum Gasteiger partial charge on any atom is 0.222 e. The molecule has 1 fully saturated rings. The van der Waals surface area contributed by atoms with Gasteiger partial charge in [0.2, 0.25) is 5.91 Å². The molecule has 1 aliphatic rings. The number of nitrogens with zero attached hydrogens (tertiary/aromatic N) is 1. The maximum atomic E-state index is 11.7. The minimum absolute atomic E-state index is 0.132. The lowest BCUT2D eigenvalue weighted by molar-refractivity contribution is -0.126. The topological polar surface area (TPSA) is 58.4 Å². The Morgan fingerprint density at radius 2 is 2.00 bits per heavy atom. The van der Waals surface area contributed by atoms with Crippen LogP contribution in [0.5, 0.6) is 0 Å². The molecule has 0 bridgehead atoms. The normalized spacial score (nSPS) is 18.1. The zero-order valence-electron chi connectivity index (χ0n) is 12.4. The van der Waals surface area contributed by atoms with Gasteiger partial charge in [-0.25, -0.2) is 0 Å². The van der Waals surface area contributed by atoms with E-state index in [1.54, 1.807) is 7.05 Å². The van der Waals surface area contributed by atoms with Gasteiger partial charge in [0.25, 0.3) is 0 Å². The number of benzene rings is 1. The van der Waals surface area contributed by atoms with Gasteiger partial charge in [-0.3, -0.25) is 9.69 Å². The lowest BCUT2D eigenvalue weighted by Gasteiger charge is -2.37. The van der Waals surface area contributed by atoms with E-state index in [9.17, 15) is 4.79 Å². The number of piperidine rings is 1. The highest BCUT2D eigenvalue weighted by molar-refractivity contribution is 7.80. The second-order valence-corrected chi connectivity index (χ2v) is 6.05. The van der Waals surface area contributed by atoms with Crippen molar-refractivity contribution in [1.82, 2.24) is 10.2 Å². The first-order valence-corrected chi connectivity index (χ1v) is 7.81. The van der Waals surface area contributed by atoms with Crippen LogP contribution in [0.1, 0.15) is 30.9 Å². The minimum Gasteiger partial charge on any atom is -0.393 e. The average molecular weight is 305 g/mol. The molecule has 0 aromatic heterocycles. The molecule has 4 nitrogen and oxygen atoms in total. The highest BCUT2D eigenvalue weighted by atomic mass is 32.1. The van der Waals surface area contributed by atoms with E-state index < -0.39 is 0 Å². The number of nitrogens with two attached hydrogens (primary N) is 1. The van der Waals surface area contributed by atoms with Crippen LogP contribution in [0.2, 0.25) is 0 Å². The van der Waals surface area contributed by atoms with Gasteiger partial charge >= 0.3 is 0 Å². The number of carbonyl (C=O) groups is 1. The zero-order chi connectivity index (χ0) is 15.2. The molecule has 1 aliphatic heterocycles. The van der Waals surface area contributed by atoms with Crippen molar-refractivity contribution >= 4 is 23.1 Å². The molecule has 1 aromatic rings. The van der Waals surface area contributed by atoms with Gasteiger partial charge in [-0.1, -0.05) is 42.5 Å². The van der Waals surface area contributed by atoms with Crippen molar-refractivity contribution in [2.75, 3.05) is 20.1 Å². The summed E-state index contributed by atoms with van der Waals surface area (Å²) in [6, 6.07) is 10.5. The molecular formula is C16H23N3OS. The number of carbonyl (C=O) groups excluding carboxylic acids is 1. The summed E-state index contributed by atoms with van der Waals surface area (Å²) in [6.07, 6.45) is 2.46. The van der Waals surface area contributed by atoms with Gasteiger partial charge in [-0.15, -0.1) is 0 Å². The summed E-state index contributed by atoms with van der Waals surface area (Å²) in [6.45, 7) is 1.81. The molecule has 2 rings (SSSR count). The third-order valence-electron chi connectivity index (χ3n) is 4.17. The van der Waals surface area contributed by atoms with Gasteiger partial charge in [0, 0.05) is 25.4 Å². The minimum atomic E-state index is 0.132. The third-order valence-corrected chi connectivity index (χ3v) is 4.33. The van der Waals surface area contributed by atoms with E-state index in [-0.39, 0.29) is 17.9 Å². The number of rotatable bonds is 5. The smallest absolute Gasteiger partial charge is 0.222 e. The Bertz CT molecular complexity index is 484. The van der Waals surface area contributed by atoms with Crippen LogP contribution in [0.3, 0.4) is 0 Å². The van der Waals surface area contributed by atoms with E-state index in [1.165, 1.54) is 5.56 Å². The molecule has 0 saturated carbocycles. The zero-order valence-corrected chi connectivity index (χ0v) is 13.2. The van der Waals surface area contributed by atoms with E-state index in [0.29, 0.717) is 11.4 Å². The monoisotopic (exact) mass is 305 g/mol. The van der Waals surface area contributed by atoms with E-state index in [2.05, 4.69) is 22.3 Å². The molecule has 1 aromatic carbocycles. The van der Waals surface area contributed by atoms with Gasteiger partial charge in [-0.05, 0) is 31.5 Å². The number of hydrogen-bond acceptors (Lipinski definition) is 3. The van der Waals surface area contributed by atoms with E-state index in [4.69, 9.17) is 18.0 Å². The Morgan fingerprint density at radius 3 is 2.52 bits per heavy atom. The molecule has 1 saturated heterocycles. The largest absolute Gasteiger partial charge is 0.393 e. The predicted octanol–water partition coefficient (Wildman–Crippen LogP) is 1.86. The van der Waals surface area contributed by atoms with Crippen LogP contribution in [-0.4, -0.2) is 35.9 Å². The van der Waals surface area contributed by atoms with Crippen LogP contribution < -0.4 is 11.1 Å². The van der Waals surface area contributed by atoms with Crippen LogP contribution in [0.15, 0.2) is 30.3 Å². The second-order valence-electron chi connectivity index (χ2n) is 5.52. The lowest BCUT2D eigenvalue weighted by atomic mass is 9.92. The Labute approximate surface area is 131 Å². The van der Waals surface area contributed by atoms with Gasteiger partial charge in [-0.2, -0.15) is 0 Å². The fourth-order valence-corrected chi connectivity index (χ4v) is 3.16. The quantitative estimate of drug-likeness (QED) is 0.815. The van der Waals surface area contributed by atoms with Gasteiger partial charge in [0.1, 0.15) is 0 Å². The van der Waals surface area contributed by atoms with Crippen molar-refractivity contribution in [2.45, 2.75) is 25.3 Å². The molecule has 114 valence electrons. The molecule has 1 heterocycles. The number of thiocarbonyl (C=S) groups is 1. The van der Waals surface area contributed by atoms with Crippen molar-refractivity contribution in [3.05, 3.63) is 35.9 Å². The highest BCUT2D eigenvalue weighted by Crippen LogP contribution is 2.29. The summed E-state index contributed by atoms with van der Waals surface area (Å²) < 4.78 is 0. The molecule has 0 radical (unpaired) electrons. The molecule has 1 unspecified atom stereocenters. The molecule has 0 aliphatic carbocycles. The fourth-order valence-electron chi connectivity index (χ4n) is 3.00. The third kappa shape index (κ3) is 4.25. The first-order valence-electron chi connectivity index (χ1n) is 7.40. The van der Waals surface area contributed by atoms with Crippen LogP contribution in [0.25, 0.3) is 0 Å². The molecule has 0 spiro atoms. The molecule has 1 amide bonds. The number of amides is 1. The van der Waals surface area contributed by atoms with Gasteiger partial charge in [0.15, 0.2) is 0 Å². The molecular weight excluding hydrogens is 282 g/mol. The summed E-state index contributed by atoms with van der Waals surface area (Å²) in [5.41, 5.74) is 7.01. The van der Waals surface area contributed by atoms with Crippen molar-refractivity contribution in [3.63, 3.8) is 0 Å². The summed E-state index contributed by atoms with van der Waals surface area (Å²) in [5, 5.41) is 2.74. The first-order chi connectivity index (χ1) is 10.1. The van der Waals surface area contributed by atoms with Crippen molar-refractivity contribution in [1.29, 1.82) is 0 Å². The summed E-state index contributed by atoms with van der Waals surface area (Å²) in [5.74, 6) is 0.285. The first kappa shape index (κ1) is 15.9. The van der Waals surface area contributed by atoms with E-state index in [0.717, 1.165) is 25.9 Å².